The number of carboxylic acid groups (broad SMARTS) is 1. The lowest BCUT2D eigenvalue weighted by Gasteiger charge is -1.94. The van der Waals surface area contributed by atoms with Crippen molar-refractivity contribution in [2.75, 3.05) is 18.8 Å². The van der Waals surface area contributed by atoms with Crippen LogP contribution in [0.1, 0.15) is 13.3 Å². The van der Waals surface area contributed by atoms with E-state index in [9.17, 15) is 4.79 Å². The summed E-state index contributed by atoms with van der Waals surface area (Å²) in [4.78, 5) is 10.6. The largest absolute Gasteiger partial charge is 0.473 e. The predicted octanol–water partition coefficient (Wildman–Crippen LogP) is 0.639. The van der Waals surface area contributed by atoms with Crippen LogP contribution in [0.25, 0.3) is 0 Å². The first-order valence-electron chi connectivity index (χ1n) is 3.73. The van der Waals surface area contributed by atoms with E-state index in [0.29, 0.717) is 5.04 Å². The Balaban J connectivity index is 2.69. The maximum absolute atomic E-state index is 10.6. The van der Waals surface area contributed by atoms with Crippen molar-refractivity contribution in [3.8, 4) is 0 Å². The van der Waals surface area contributed by atoms with E-state index in [4.69, 9.17) is 5.11 Å². The van der Waals surface area contributed by atoms with Gasteiger partial charge in [-0.1, -0.05) is 6.92 Å². The van der Waals surface area contributed by atoms with E-state index < -0.39 is 5.97 Å². The molecule has 0 atom stereocenters. The van der Waals surface area contributed by atoms with Gasteiger partial charge in [0, 0.05) is 6.42 Å². The lowest BCUT2D eigenvalue weighted by molar-refractivity contribution is -0.517. The zero-order chi connectivity index (χ0) is 8.27. The van der Waals surface area contributed by atoms with Crippen LogP contribution in [0.3, 0.4) is 0 Å². The lowest BCUT2D eigenvalue weighted by atomic mass is 10.4. The van der Waals surface area contributed by atoms with Gasteiger partial charge in [0.25, 0.3) is 0 Å². The van der Waals surface area contributed by atoms with Crippen LogP contribution in [0.2, 0.25) is 0 Å². The molecule has 0 saturated heterocycles. The second-order valence-corrected chi connectivity index (χ2v) is 3.53. The van der Waals surface area contributed by atoms with Gasteiger partial charge in [0.05, 0.1) is 5.75 Å². The van der Waals surface area contributed by atoms with Gasteiger partial charge in [-0.3, -0.25) is 0 Å². The topological polar surface area (TPSA) is 40.3 Å². The van der Waals surface area contributed by atoms with E-state index in [2.05, 4.69) is 6.92 Å². The monoisotopic (exact) mass is 174 g/mol. The Bertz CT molecular complexity index is 201. The molecule has 0 fully saturated rings. The zero-order valence-electron chi connectivity index (χ0n) is 6.54. The third kappa shape index (κ3) is 1.96. The minimum atomic E-state index is -0.777. The Morgan fingerprint density at radius 2 is 2.55 bits per heavy atom. The number of hydrogen-bond donors (Lipinski definition) is 1. The Labute approximate surface area is 70.1 Å². The molecule has 4 heteroatoms. The molecule has 0 radical (unpaired) electrons. The molecule has 11 heavy (non-hydrogen) atoms. The summed E-state index contributed by atoms with van der Waals surface area (Å²) in [5, 5.41) is 9.23. The van der Waals surface area contributed by atoms with Crippen molar-refractivity contribution in [3.63, 3.8) is 0 Å². The number of aliphatic carboxylic acids is 1. The second kappa shape index (κ2) is 3.76. The molecule has 3 nitrogen and oxygen atoms in total. The minimum absolute atomic E-state index is 0.520. The van der Waals surface area contributed by atoms with E-state index in [1.54, 1.807) is 0 Å². The molecule has 1 aliphatic rings. The van der Waals surface area contributed by atoms with Crippen molar-refractivity contribution in [2.24, 2.45) is 0 Å². The number of rotatable bonds is 3. The van der Waals surface area contributed by atoms with Crippen LogP contribution in [0, 0.1) is 0 Å². The first-order chi connectivity index (χ1) is 5.25. The fraction of sp³-hybridized carbons (Fsp3) is 0.714. The van der Waals surface area contributed by atoms with Crippen molar-refractivity contribution in [1.29, 1.82) is 0 Å². The molecule has 0 aliphatic carbocycles. The summed E-state index contributed by atoms with van der Waals surface area (Å²) in [6.07, 6.45) is 1.01. The summed E-state index contributed by atoms with van der Waals surface area (Å²) in [6.45, 7) is 3.82. The van der Waals surface area contributed by atoms with Crippen LogP contribution in [0.5, 0.6) is 0 Å². The molecule has 62 valence electrons. The SMILES string of the molecule is CCC[N+]1=C(C(=O)O)SCC1. The van der Waals surface area contributed by atoms with Crippen molar-refractivity contribution >= 4 is 22.8 Å². The summed E-state index contributed by atoms with van der Waals surface area (Å²) in [6, 6.07) is 0. The number of nitrogens with zero attached hydrogens (tertiary/aromatic N) is 1. The molecule has 1 heterocycles. The fourth-order valence-corrected chi connectivity index (χ4v) is 2.12. The van der Waals surface area contributed by atoms with E-state index in [1.165, 1.54) is 11.8 Å². The van der Waals surface area contributed by atoms with Gasteiger partial charge in [-0.15, -0.1) is 0 Å². The van der Waals surface area contributed by atoms with E-state index in [1.807, 2.05) is 4.58 Å². The molecule has 0 aromatic heterocycles. The van der Waals surface area contributed by atoms with E-state index in [0.717, 1.165) is 25.3 Å². The maximum atomic E-state index is 10.6. The summed E-state index contributed by atoms with van der Waals surface area (Å²) in [5.41, 5.74) is 0. The maximum Gasteiger partial charge on any atom is 0.408 e. The molecule has 0 aromatic rings. The van der Waals surface area contributed by atoms with Crippen LogP contribution < -0.4 is 0 Å². The predicted molar refractivity (Wildman–Crippen MR) is 45.4 cm³/mol. The first kappa shape index (κ1) is 8.59. The highest BCUT2D eigenvalue weighted by Crippen LogP contribution is 2.11. The van der Waals surface area contributed by atoms with Gasteiger partial charge in [-0.25, -0.2) is 9.37 Å². The molecule has 1 rings (SSSR count). The second-order valence-electron chi connectivity index (χ2n) is 2.45. The number of hydrogen-bond acceptors (Lipinski definition) is 2. The minimum Gasteiger partial charge on any atom is -0.473 e. The highest BCUT2D eigenvalue weighted by molar-refractivity contribution is 8.15. The van der Waals surface area contributed by atoms with E-state index >= 15 is 0 Å². The normalized spacial score (nSPS) is 17.5. The Kier molecular flexibility index (Phi) is 2.93. The first-order valence-corrected chi connectivity index (χ1v) is 4.72. The molecule has 0 spiro atoms. The fourth-order valence-electron chi connectivity index (χ4n) is 1.13. The zero-order valence-corrected chi connectivity index (χ0v) is 7.36. The molecule has 0 amide bonds. The van der Waals surface area contributed by atoms with Crippen LogP contribution in [0.4, 0.5) is 0 Å². The average molecular weight is 174 g/mol. The van der Waals surface area contributed by atoms with E-state index in [-0.39, 0.29) is 0 Å². The summed E-state index contributed by atoms with van der Waals surface area (Å²) >= 11 is 1.44. The van der Waals surface area contributed by atoms with Crippen LogP contribution >= 0.6 is 11.8 Å². The van der Waals surface area contributed by atoms with Crippen LogP contribution in [-0.2, 0) is 4.79 Å². The Morgan fingerprint density at radius 3 is 3.09 bits per heavy atom. The van der Waals surface area contributed by atoms with Gasteiger partial charge < -0.3 is 5.11 Å². The van der Waals surface area contributed by atoms with Gasteiger partial charge in [-0.05, 0) is 11.8 Å². The Morgan fingerprint density at radius 1 is 1.82 bits per heavy atom. The standard InChI is InChI=1S/C7H11NO2S/c1-2-3-8-4-5-11-6(8)7(9)10/h2-5H2,1H3/p+1. The molecule has 0 unspecified atom stereocenters. The van der Waals surface area contributed by atoms with Crippen LogP contribution in [-0.4, -0.2) is 39.5 Å². The molecule has 1 N–H and O–H groups in total. The van der Waals surface area contributed by atoms with Gasteiger partial charge in [-0.2, -0.15) is 0 Å². The third-order valence-electron chi connectivity index (χ3n) is 1.56. The van der Waals surface area contributed by atoms with Gasteiger partial charge in [0.15, 0.2) is 6.54 Å². The van der Waals surface area contributed by atoms with Crippen molar-refractivity contribution in [3.05, 3.63) is 0 Å². The van der Waals surface area contributed by atoms with Crippen LogP contribution in [0.15, 0.2) is 0 Å². The quantitative estimate of drug-likeness (QED) is 0.638. The summed E-state index contributed by atoms with van der Waals surface area (Å²) < 4.78 is 1.94. The summed E-state index contributed by atoms with van der Waals surface area (Å²) in [5.74, 6) is 0.141. The van der Waals surface area contributed by atoms with Crippen molar-refractivity contribution < 1.29 is 14.5 Å². The van der Waals surface area contributed by atoms with Gasteiger partial charge >= 0.3 is 11.0 Å². The van der Waals surface area contributed by atoms with Crippen molar-refractivity contribution in [2.45, 2.75) is 13.3 Å². The molecule has 0 bridgehead atoms. The highest BCUT2D eigenvalue weighted by atomic mass is 32.2. The third-order valence-corrected chi connectivity index (χ3v) is 2.66. The smallest absolute Gasteiger partial charge is 0.408 e. The summed E-state index contributed by atoms with van der Waals surface area (Å²) in [7, 11) is 0. The molecule has 0 saturated carbocycles. The molecular formula is C7H12NO2S+. The lowest BCUT2D eigenvalue weighted by Crippen LogP contribution is -2.21. The molecule has 0 aromatic carbocycles. The number of carboxylic acids is 1. The molecule has 1 aliphatic heterocycles. The number of thioether (sulfide) groups is 1. The highest BCUT2D eigenvalue weighted by Gasteiger charge is 2.28. The molecular weight excluding hydrogens is 162 g/mol. The van der Waals surface area contributed by atoms with Gasteiger partial charge in [0.2, 0.25) is 0 Å². The number of carbonyl (C=O) groups is 1. The Hall–Kier alpha value is -0.510. The van der Waals surface area contributed by atoms with Gasteiger partial charge in [0.1, 0.15) is 6.54 Å². The average Bonchev–Trinajstić information content (AvgIpc) is 2.36. The van der Waals surface area contributed by atoms with Crippen molar-refractivity contribution in [1.82, 2.24) is 0 Å².